The summed E-state index contributed by atoms with van der Waals surface area (Å²) in [6.07, 6.45) is 1.60. The molecule has 10 heteroatoms. The Kier molecular flexibility index (Phi) is 11.5. The number of nitrogens with one attached hydrogen (secondary N) is 4. The second-order valence-corrected chi connectivity index (χ2v) is 11.3. The van der Waals surface area contributed by atoms with E-state index in [0.29, 0.717) is 40.5 Å². The lowest BCUT2D eigenvalue weighted by Gasteiger charge is -2.14. The van der Waals surface area contributed by atoms with Crippen LogP contribution in [-0.4, -0.2) is 35.5 Å². The molecule has 4 rings (SSSR count). The van der Waals surface area contributed by atoms with Crippen LogP contribution < -0.4 is 26.0 Å². The maximum absolute atomic E-state index is 13.4. The largest absolute Gasteiger partial charge is 0.494 e. The lowest BCUT2D eigenvalue weighted by Crippen LogP contribution is -2.30. The first-order valence-corrected chi connectivity index (χ1v) is 15.2. The number of amides is 4. The molecule has 0 saturated heterocycles. The van der Waals surface area contributed by atoms with Crippen LogP contribution in [-0.2, 0) is 14.4 Å². The molecule has 0 spiro atoms. The maximum atomic E-state index is 13.4. The number of benzene rings is 4. The molecule has 0 radical (unpaired) electrons. The van der Waals surface area contributed by atoms with Gasteiger partial charge >= 0.3 is 0 Å². The van der Waals surface area contributed by atoms with E-state index in [1.54, 1.807) is 97.9 Å². The Morgan fingerprint density at radius 2 is 1.33 bits per heavy atom. The summed E-state index contributed by atoms with van der Waals surface area (Å²) in [5.74, 6) is -0.548. The van der Waals surface area contributed by atoms with Crippen LogP contribution in [0.4, 0.5) is 17.1 Å². The minimum Gasteiger partial charge on any atom is -0.494 e. The topological polar surface area (TPSA) is 126 Å². The molecular weight excluding hydrogens is 588 g/mol. The molecule has 1 atom stereocenters. The smallest absolute Gasteiger partial charge is 0.272 e. The molecule has 0 saturated carbocycles. The van der Waals surface area contributed by atoms with Crippen molar-refractivity contribution in [1.82, 2.24) is 5.32 Å². The normalized spacial score (nSPS) is 11.6. The van der Waals surface area contributed by atoms with Gasteiger partial charge in [-0.15, -0.1) is 11.8 Å². The zero-order chi connectivity index (χ0) is 32.2. The van der Waals surface area contributed by atoms with E-state index in [1.807, 2.05) is 25.1 Å². The molecule has 45 heavy (non-hydrogen) atoms. The van der Waals surface area contributed by atoms with Crippen molar-refractivity contribution in [3.05, 3.63) is 120 Å². The standard InChI is InChI=1S/C35H34N4O5S/c1-4-44-30-18-10-25(11-19-30)22-32(39-34(42)26-8-6-5-7-9-26)35(43)38-29-16-20-31(21-17-29)45-23(2)33(41)37-28-14-12-27(13-15-28)36-24(3)40/h5-23H,4H2,1-3H3,(H,36,40)(H,37,41)(H,38,43)(H,39,42)/b32-22-. The highest BCUT2D eigenvalue weighted by Gasteiger charge is 2.17. The number of hydrogen-bond donors (Lipinski definition) is 4. The highest BCUT2D eigenvalue weighted by atomic mass is 32.2. The van der Waals surface area contributed by atoms with Crippen LogP contribution in [0.5, 0.6) is 5.75 Å². The van der Waals surface area contributed by atoms with Gasteiger partial charge in [-0.25, -0.2) is 0 Å². The highest BCUT2D eigenvalue weighted by Crippen LogP contribution is 2.26. The maximum Gasteiger partial charge on any atom is 0.272 e. The number of carbonyl (C=O) groups excluding carboxylic acids is 4. The highest BCUT2D eigenvalue weighted by molar-refractivity contribution is 8.00. The van der Waals surface area contributed by atoms with Gasteiger partial charge in [0, 0.05) is 34.4 Å². The number of thioether (sulfide) groups is 1. The number of rotatable bonds is 12. The van der Waals surface area contributed by atoms with E-state index >= 15 is 0 Å². The Bertz CT molecular complexity index is 1660. The first-order chi connectivity index (χ1) is 21.7. The van der Waals surface area contributed by atoms with E-state index in [0.717, 1.165) is 4.90 Å². The van der Waals surface area contributed by atoms with Crippen molar-refractivity contribution in [3.63, 3.8) is 0 Å². The second kappa shape index (κ2) is 15.9. The zero-order valence-corrected chi connectivity index (χ0v) is 25.9. The van der Waals surface area contributed by atoms with Crippen LogP contribution in [0.3, 0.4) is 0 Å². The predicted octanol–water partition coefficient (Wildman–Crippen LogP) is 6.57. The Labute approximate surface area is 266 Å². The number of carbonyl (C=O) groups is 4. The average Bonchev–Trinajstić information content (AvgIpc) is 3.03. The van der Waals surface area contributed by atoms with Crippen molar-refractivity contribution in [2.24, 2.45) is 0 Å². The van der Waals surface area contributed by atoms with Crippen molar-refractivity contribution in [3.8, 4) is 5.75 Å². The Morgan fingerprint density at radius 3 is 1.93 bits per heavy atom. The molecule has 4 aromatic rings. The van der Waals surface area contributed by atoms with Gasteiger partial charge in [-0.3, -0.25) is 19.2 Å². The number of ether oxygens (including phenoxy) is 1. The molecule has 4 amide bonds. The Balaban J connectivity index is 1.40. The van der Waals surface area contributed by atoms with Crippen molar-refractivity contribution in [2.45, 2.75) is 30.9 Å². The molecule has 4 aromatic carbocycles. The third-order valence-electron chi connectivity index (χ3n) is 6.30. The summed E-state index contributed by atoms with van der Waals surface area (Å²) in [6, 6.07) is 29.8. The summed E-state index contributed by atoms with van der Waals surface area (Å²) in [6.45, 7) is 5.67. The van der Waals surface area contributed by atoms with Crippen LogP contribution >= 0.6 is 11.8 Å². The quantitative estimate of drug-likeness (QED) is 0.105. The molecule has 9 nitrogen and oxygen atoms in total. The van der Waals surface area contributed by atoms with Gasteiger partial charge in [0.15, 0.2) is 0 Å². The van der Waals surface area contributed by atoms with Crippen LogP contribution in [0.2, 0.25) is 0 Å². The molecule has 0 aliphatic carbocycles. The van der Waals surface area contributed by atoms with Crippen molar-refractivity contribution in [2.75, 3.05) is 22.6 Å². The lowest BCUT2D eigenvalue weighted by atomic mass is 10.1. The van der Waals surface area contributed by atoms with Gasteiger partial charge in [0.2, 0.25) is 11.8 Å². The lowest BCUT2D eigenvalue weighted by molar-refractivity contribution is -0.115. The molecule has 0 bridgehead atoms. The summed E-state index contributed by atoms with van der Waals surface area (Å²) in [4.78, 5) is 51.0. The molecule has 0 heterocycles. The molecule has 1 unspecified atom stereocenters. The van der Waals surface area contributed by atoms with Gasteiger partial charge in [0.25, 0.3) is 11.8 Å². The Morgan fingerprint density at radius 1 is 0.756 bits per heavy atom. The summed E-state index contributed by atoms with van der Waals surface area (Å²) in [5.41, 5.74) is 2.98. The molecule has 0 aliphatic rings. The van der Waals surface area contributed by atoms with E-state index in [1.165, 1.54) is 18.7 Å². The Hall–Kier alpha value is -5.35. The SMILES string of the molecule is CCOc1ccc(/C=C(\NC(=O)c2ccccc2)C(=O)Nc2ccc(SC(C)C(=O)Nc3ccc(NC(C)=O)cc3)cc2)cc1. The van der Waals surface area contributed by atoms with Crippen molar-refractivity contribution < 1.29 is 23.9 Å². The van der Waals surface area contributed by atoms with Crippen LogP contribution in [0.25, 0.3) is 6.08 Å². The fourth-order valence-electron chi connectivity index (χ4n) is 4.09. The third-order valence-corrected chi connectivity index (χ3v) is 7.41. The molecule has 0 aromatic heterocycles. The van der Waals surface area contributed by atoms with Crippen LogP contribution in [0.15, 0.2) is 114 Å². The summed E-state index contributed by atoms with van der Waals surface area (Å²) in [5, 5.41) is 10.7. The average molecular weight is 623 g/mol. The minimum atomic E-state index is -0.495. The summed E-state index contributed by atoms with van der Waals surface area (Å²) < 4.78 is 5.50. The van der Waals surface area contributed by atoms with Crippen LogP contribution in [0.1, 0.15) is 36.7 Å². The molecule has 4 N–H and O–H groups in total. The second-order valence-electron chi connectivity index (χ2n) is 9.87. The monoisotopic (exact) mass is 622 g/mol. The van der Waals surface area contributed by atoms with E-state index in [9.17, 15) is 19.2 Å². The van der Waals surface area contributed by atoms with Gasteiger partial charge in [0.1, 0.15) is 11.4 Å². The summed E-state index contributed by atoms with van der Waals surface area (Å²) in [7, 11) is 0. The van der Waals surface area contributed by atoms with Crippen LogP contribution in [0, 0.1) is 0 Å². The van der Waals surface area contributed by atoms with E-state index in [4.69, 9.17) is 4.74 Å². The number of anilines is 3. The van der Waals surface area contributed by atoms with Gasteiger partial charge in [0.05, 0.1) is 11.9 Å². The molecular formula is C35H34N4O5S. The third kappa shape index (κ3) is 10.1. The summed E-state index contributed by atoms with van der Waals surface area (Å²) >= 11 is 1.37. The van der Waals surface area contributed by atoms with Crippen molar-refractivity contribution >= 4 is 58.5 Å². The minimum absolute atomic E-state index is 0.0712. The zero-order valence-electron chi connectivity index (χ0n) is 25.1. The van der Waals surface area contributed by atoms with E-state index in [-0.39, 0.29) is 17.5 Å². The van der Waals surface area contributed by atoms with Crippen molar-refractivity contribution in [1.29, 1.82) is 0 Å². The van der Waals surface area contributed by atoms with Gasteiger partial charge < -0.3 is 26.0 Å². The molecule has 0 aliphatic heterocycles. The fraction of sp³-hybridized carbons (Fsp3) is 0.143. The first kappa shape index (κ1) is 32.6. The fourth-order valence-corrected chi connectivity index (χ4v) is 4.96. The van der Waals surface area contributed by atoms with E-state index < -0.39 is 17.1 Å². The predicted molar refractivity (Wildman–Crippen MR) is 179 cm³/mol. The van der Waals surface area contributed by atoms with Gasteiger partial charge in [-0.2, -0.15) is 0 Å². The van der Waals surface area contributed by atoms with Gasteiger partial charge in [-0.05, 0) is 98.3 Å². The number of hydrogen-bond acceptors (Lipinski definition) is 6. The molecule has 230 valence electrons. The van der Waals surface area contributed by atoms with Gasteiger partial charge in [-0.1, -0.05) is 30.3 Å². The first-order valence-electron chi connectivity index (χ1n) is 14.3. The van der Waals surface area contributed by atoms with E-state index in [2.05, 4.69) is 21.3 Å². The molecule has 0 fully saturated rings.